The van der Waals surface area contributed by atoms with Gasteiger partial charge in [0.1, 0.15) is 12.4 Å². The van der Waals surface area contributed by atoms with Crippen molar-refractivity contribution in [3.63, 3.8) is 0 Å². The van der Waals surface area contributed by atoms with E-state index in [0.29, 0.717) is 25.6 Å². The summed E-state index contributed by atoms with van der Waals surface area (Å²) in [6, 6.07) is 6.24. The van der Waals surface area contributed by atoms with E-state index < -0.39 is 0 Å². The maximum absolute atomic E-state index is 6.12. The Labute approximate surface area is 163 Å². The Morgan fingerprint density at radius 3 is 2.96 bits per heavy atom. The van der Waals surface area contributed by atoms with Gasteiger partial charge >= 0.3 is 0 Å². The molecule has 1 atom stereocenters. The second-order valence-electron chi connectivity index (χ2n) is 7.59. The Kier molecular flexibility index (Phi) is 4.12. The Morgan fingerprint density at radius 2 is 2.14 bits per heavy atom. The van der Waals surface area contributed by atoms with Crippen LogP contribution in [0.5, 0.6) is 11.5 Å². The molecular formula is C21H24N4O3. The summed E-state index contributed by atoms with van der Waals surface area (Å²) in [4.78, 5) is 15.5. The highest BCUT2D eigenvalue weighted by Gasteiger charge is 2.34. The molecule has 146 valence electrons. The summed E-state index contributed by atoms with van der Waals surface area (Å²) < 4.78 is 17.3. The number of benzene rings is 1. The van der Waals surface area contributed by atoms with Gasteiger partial charge in [0.2, 0.25) is 0 Å². The van der Waals surface area contributed by atoms with Crippen LogP contribution < -0.4 is 14.4 Å². The average molecular weight is 380 g/mol. The number of ether oxygens (including phenoxy) is 3. The lowest BCUT2D eigenvalue weighted by Gasteiger charge is -2.41. The number of nitrogens with one attached hydrogen (secondary N) is 1. The van der Waals surface area contributed by atoms with Gasteiger partial charge in [-0.25, -0.2) is 9.97 Å². The number of aromatic amines is 1. The van der Waals surface area contributed by atoms with Gasteiger partial charge in [0.05, 0.1) is 32.1 Å². The molecule has 7 nitrogen and oxygen atoms in total. The molecule has 0 radical (unpaired) electrons. The van der Waals surface area contributed by atoms with E-state index >= 15 is 0 Å². The smallest absolute Gasteiger partial charge is 0.183 e. The standard InChI is InChI=1S/C21H24N4O3/c1-12(2)18-19-21(25-6-7-27-10-13(25)11-28-19)24-20(23-18)16-8-14(26-3)9-17-15(16)4-5-22-17/h4-5,8-9,12-13,22H,6-7,10-11H2,1-3H3/t13-/m0/s1. The van der Waals surface area contributed by atoms with Crippen LogP contribution in [0.15, 0.2) is 24.4 Å². The van der Waals surface area contributed by atoms with Gasteiger partial charge in [-0.3, -0.25) is 0 Å². The maximum atomic E-state index is 6.12. The van der Waals surface area contributed by atoms with Gasteiger partial charge in [-0.1, -0.05) is 13.8 Å². The summed E-state index contributed by atoms with van der Waals surface area (Å²) in [5.74, 6) is 3.38. The number of aromatic nitrogens is 3. The van der Waals surface area contributed by atoms with Gasteiger partial charge in [-0.15, -0.1) is 0 Å². The van der Waals surface area contributed by atoms with Crippen LogP contribution in [0.2, 0.25) is 0 Å². The summed E-state index contributed by atoms with van der Waals surface area (Å²) in [5.41, 5.74) is 2.90. The lowest BCUT2D eigenvalue weighted by atomic mass is 10.0. The van der Waals surface area contributed by atoms with Crippen molar-refractivity contribution in [3.05, 3.63) is 30.1 Å². The minimum Gasteiger partial charge on any atom is -0.497 e. The highest BCUT2D eigenvalue weighted by molar-refractivity contribution is 5.95. The molecule has 0 unspecified atom stereocenters. The zero-order valence-electron chi connectivity index (χ0n) is 16.4. The number of anilines is 1. The summed E-state index contributed by atoms with van der Waals surface area (Å²) in [6.45, 7) is 7.06. The predicted octanol–water partition coefficient (Wildman–Crippen LogP) is 3.35. The molecule has 7 heteroatoms. The first-order valence-corrected chi connectivity index (χ1v) is 9.70. The molecule has 1 fully saturated rings. The summed E-state index contributed by atoms with van der Waals surface area (Å²) in [5, 5.41) is 1.07. The number of rotatable bonds is 3. The topological polar surface area (TPSA) is 72.5 Å². The molecule has 0 amide bonds. The Hall–Kier alpha value is -2.80. The van der Waals surface area contributed by atoms with Crippen molar-refractivity contribution < 1.29 is 14.2 Å². The first kappa shape index (κ1) is 17.3. The van der Waals surface area contributed by atoms with Crippen molar-refractivity contribution in [2.45, 2.75) is 25.8 Å². The largest absolute Gasteiger partial charge is 0.497 e. The number of fused-ring (bicyclic) bond motifs is 4. The van der Waals surface area contributed by atoms with Crippen molar-refractivity contribution >= 4 is 16.7 Å². The van der Waals surface area contributed by atoms with Crippen molar-refractivity contribution in [1.29, 1.82) is 0 Å². The minimum atomic E-state index is 0.196. The second-order valence-corrected chi connectivity index (χ2v) is 7.59. The fraction of sp³-hybridized carbons (Fsp3) is 0.429. The third-order valence-corrected chi connectivity index (χ3v) is 5.46. The molecule has 0 saturated carbocycles. The first-order valence-electron chi connectivity index (χ1n) is 9.70. The third-order valence-electron chi connectivity index (χ3n) is 5.46. The van der Waals surface area contributed by atoms with Gasteiger partial charge in [-0.05, 0) is 18.1 Å². The van der Waals surface area contributed by atoms with E-state index in [-0.39, 0.29) is 12.0 Å². The van der Waals surface area contributed by atoms with Crippen LogP contribution in [0.3, 0.4) is 0 Å². The molecule has 1 aromatic carbocycles. The fourth-order valence-electron chi connectivity index (χ4n) is 4.00. The number of morpholine rings is 1. The van der Waals surface area contributed by atoms with Crippen molar-refractivity contribution in [2.24, 2.45) is 0 Å². The minimum absolute atomic E-state index is 0.196. The van der Waals surface area contributed by atoms with Crippen LogP contribution in [-0.4, -0.2) is 54.5 Å². The summed E-state index contributed by atoms with van der Waals surface area (Å²) >= 11 is 0. The van der Waals surface area contributed by atoms with E-state index in [1.54, 1.807) is 7.11 Å². The van der Waals surface area contributed by atoms with Crippen molar-refractivity contribution in [1.82, 2.24) is 15.0 Å². The molecule has 2 aliphatic rings. The van der Waals surface area contributed by atoms with E-state index in [4.69, 9.17) is 24.2 Å². The molecule has 2 aliphatic heterocycles. The molecule has 1 saturated heterocycles. The molecule has 2 aromatic heterocycles. The lowest BCUT2D eigenvalue weighted by Crippen LogP contribution is -2.51. The van der Waals surface area contributed by atoms with Crippen LogP contribution in [0.1, 0.15) is 25.5 Å². The monoisotopic (exact) mass is 380 g/mol. The van der Waals surface area contributed by atoms with E-state index in [9.17, 15) is 0 Å². The zero-order chi connectivity index (χ0) is 19.3. The number of hydrogen-bond acceptors (Lipinski definition) is 6. The second kappa shape index (κ2) is 6.67. The maximum Gasteiger partial charge on any atom is 0.183 e. The number of nitrogens with zero attached hydrogens (tertiary/aromatic N) is 3. The molecule has 5 rings (SSSR count). The molecule has 0 bridgehead atoms. The van der Waals surface area contributed by atoms with Crippen LogP contribution in [0, 0.1) is 0 Å². The molecule has 28 heavy (non-hydrogen) atoms. The first-order chi connectivity index (χ1) is 13.7. The Balaban J connectivity index is 1.73. The van der Waals surface area contributed by atoms with Crippen LogP contribution in [0.4, 0.5) is 5.82 Å². The van der Waals surface area contributed by atoms with Crippen LogP contribution in [-0.2, 0) is 4.74 Å². The zero-order valence-corrected chi connectivity index (χ0v) is 16.4. The average Bonchev–Trinajstić information content (AvgIpc) is 3.20. The molecule has 3 aromatic rings. The number of hydrogen-bond donors (Lipinski definition) is 1. The quantitative estimate of drug-likeness (QED) is 0.751. The lowest BCUT2D eigenvalue weighted by molar-refractivity contribution is 0.0692. The Bertz CT molecular complexity index is 1030. The SMILES string of the molecule is COc1cc(-c2nc(C(C)C)c3c(n2)N2CCOC[C@H]2CO3)c2cc[nH]c2c1. The summed E-state index contributed by atoms with van der Waals surface area (Å²) in [6.07, 6.45) is 1.93. The molecule has 4 heterocycles. The van der Waals surface area contributed by atoms with Gasteiger partial charge in [0, 0.05) is 35.3 Å². The third kappa shape index (κ3) is 2.69. The van der Waals surface area contributed by atoms with Crippen molar-refractivity contribution in [2.75, 3.05) is 38.4 Å². The van der Waals surface area contributed by atoms with Gasteiger partial charge < -0.3 is 24.1 Å². The van der Waals surface area contributed by atoms with Gasteiger partial charge in [0.15, 0.2) is 17.4 Å². The Morgan fingerprint density at radius 1 is 1.25 bits per heavy atom. The fourth-order valence-corrected chi connectivity index (χ4v) is 4.00. The highest BCUT2D eigenvalue weighted by atomic mass is 16.5. The van der Waals surface area contributed by atoms with E-state index in [1.807, 2.05) is 18.3 Å². The van der Waals surface area contributed by atoms with E-state index in [1.165, 1.54) is 0 Å². The molecule has 0 spiro atoms. The van der Waals surface area contributed by atoms with Crippen LogP contribution >= 0.6 is 0 Å². The van der Waals surface area contributed by atoms with Gasteiger partial charge in [-0.2, -0.15) is 0 Å². The molecule has 1 N–H and O–H groups in total. The highest BCUT2D eigenvalue weighted by Crippen LogP contribution is 2.41. The molecular weight excluding hydrogens is 356 g/mol. The van der Waals surface area contributed by atoms with E-state index in [0.717, 1.165) is 46.0 Å². The predicted molar refractivity (Wildman–Crippen MR) is 107 cm³/mol. The normalized spacial score (nSPS) is 18.7. The number of methoxy groups -OCH3 is 1. The van der Waals surface area contributed by atoms with Gasteiger partial charge in [0.25, 0.3) is 0 Å². The summed E-state index contributed by atoms with van der Waals surface area (Å²) in [7, 11) is 1.67. The molecule has 0 aliphatic carbocycles. The van der Waals surface area contributed by atoms with Crippen molar-refractivity contribution in [3.8, 4) is 22.9 Å². The van der Waals surface area contributed by atoms with Crippen LogP contribution in [0.25, 0.3) is 22.3 Å². The van der Waals surface area contributed by atoms with E-state index in [2.05, 4.69) is 29.8 Å². The number of H-pyrrole nitrogens is 1.